The Bertz CT molecular complexity index is 915. The summed E-state index contributed by atoms with van der Waals surface area (Å²) in [4.78, 5) is 22.4. The zero-order chi connectivity index (χ0) is 19.9. The molecule has 28 heavy (non-hydrogen) atoms. The molecule has 1 aliphatic carbocycles. The Hall–Kier alpha value is -2.48. The zero-order valence-corrected chi connectivity index (χ0v) is 15.8. The number of nitrogens with zero attached hydrogens (tertiary/aromatic N) is 3. The first kappa shape index (κ1) is 18.9. The topological polar surface area (TPSA) is 81.3 Å². The molecule has 4 rings (SSSR count). The van der Waals surface area contributed by atoms with Gasteiger partial charge in [0.15, 0.2) is 22.5 Å². The van der Waals surface area contributed by atoms with E-state index in [-0.39, 0.29) is 17.0 Å². The highest BCUT2D eigenvalue weighted by molar-refractivity contribution is 6.31. The SMILES string of the molecule is NC(=O)C1(c2cnc(N3CCC(Oc4ccc(F)cc4F)CC3)c(Cl)n2)CC1. The van der Waals surface area contributed by atoms with Crippen LogP contribution in [0.2, 0.25) is 5.15 Å². The molecule has 1 aromatic carbocycles. The molecule has 2 fully saturated rings. The number of halogens is 3. The summed E-state index contributed by atoms with van der Waals surface area (Å²) in [5.41, 5.74) is 5.26. The van der Waals surface area contributed by atoms with Crippen molar-refractivity contribution in [3.63, 3.8) is 0 Å². The van der Waals surface area contributed by atoms with E-state index in [9.17, 15) is 13.6 Å². The highest BCUT2D eigenvalue weighted by atomic mass is 35.5. The molecule has 9 heteroatoms. The lowest BCUT2D eigenvalue weighted by atomic mass is 10.0. The van der Waals surface area contributed by atoms with E-state index in [0.717, 1.165) is 6.07 Å². The first-order valence-electron chi connectivity index (χ1n) is 9.08. The standard InChI is InChI=1S/C19H19ClF2N4O2/c20-16-17(24-10-15(25-16)19(5-6-19)18(23)27)26-7-3-12(4-8-26)28-14-2-1-11(21)9-13(14)22/h1-2,9-10,12H,3-8H2,(H2,23,27). The van der Waals surface area contributed by atoms with Crippen LogP contribution in [0.25, 0.3) is 0 Å². The fraction of sp³-hybridized carbons (Fsp3) is 0.421. The molecule has 0 radical (unpaired) electrons. The molecule has 0 bridgehead atoms. The molecule has 2 aromatic rings. The lowest BCUT2D eigenvalue weighted by molar-refractivity contribution is -0.120. The van der Waals surface area contributed by atoms with Crippen molar-refractivity contribution in [1.82, 2.24) is 9.97 Å². The molecule has 0 atom stereocenters. The number of rotatable bonds is 5. The number of primary amides is 1. The van der Waals surface area contributed by atoms with Crippen LogP contribution in [-0.4, -0.2) is 35.1 Å². The predicted molar refractivity (Wildman–Crippen MR) is 99.4 cm³/mol. The fourth-order valence-electron chi connectivity index (χ4n) is 3.49. The summed E-state index contributed by atoms with van der Waals surface area (Å²) in [6.45, 7) is 1.20. The van der Waals surface area contributed by atoms with E-state index in [1.54, 1.807) is 6.20 Å². The molecule has 1 aromatic heterocycles. The lowest BCUT2D eigenvalue weighted by Crippen LogP contribution is -2.39. The van der Waals surface area contributed by atoms with Crippen LogP contribution in [0, 0.1) is 11.6 Å². The number of hydrogen-bond donors (Lipinski definition) is 1. The molecule has 2 N–H and O–H groups in total. The van der Waals surface area contributed by atoms with Gasteiger partial charge in [-0.15, -0.1) is 0 Å². The van der Waals surface area contributed by atoms with Crippen molar-refractivity contribution >= 4 is 23.3 Å². The van der Waals surface area contributed by atoms with Crippen molar-refractivity contribution in [1.29, 1.82) is 0 Å². The van der Waals surface area contributed by atoms with Gasteiger partial charge in [-0.2, -0.15) is 0 Å². The number of benzene rings is 1. The summed E-state index contributed by atoms with van der Waals surface area (Å²) in [5, 5.41) is 0.231. The Balaban J connectivity index is 1.40. The molecular weight excluding hydrogens is 390 g/mol. The molecule has 1 aliphatic heterocycles. The van der Waals surface area contributed by atoms with Crippen molar-refractivity contribution in [2.45, 2.75) is 37.2 Å². The van der Waals surface area contributed by atoms with Gasteiger partial charge in [-0.25, -0.2) is 18.7 Å². The van der Waals surface area contributed by atoms with Gasteiger partial charge in [0.1, 0.15) is 11.9 Å². The summed E-state index contributed by atoms with van der Waals surface area (Å²) < 4.78 is 32.4. The molecule has 2 aliphatic rings. The van der Waals surface area contributed by atoms with Crippen molar-refractivity contribution < 1.29 is 18.3 Å². The molecule has 1 saturated heterocycles. The van der Waals surface area contributed by atoms with Gasteiger partial charge in [-0.05, 0) is 25.0 Å². The number of piperidine rings is 1. The second-order valence-corrected chi connectivity index (χ2v) is 7.55. The van der Waals surface area contributed by atoms with Crippen LogP contribution in [0.1, 0.15) is 31.4 Å². The fourth-order valence-corrected chi connectivity index (χ4v) is 3.75. The number of aromatic nitrogens is 2. The third-order valence-electron chi connectivity index (χ3n) is 5.35. The number of anilines is 1. The number of hydrogen-bond acceptors (Lipinski definition) is 5. The largest absolute Gasteiger partial charge is 0.487 e. The maximum atomic E-state index is 13.8. The van der Waals surface area contributed by atoms with Gasteiger partial charge in [0, 0.05) is 32.0 Å². The number of carbonyl (C=O) groups is 1. The van der Waals surface area contributed by atoms with Crippen molar-refractivity contribution in [2.75, 3.05) is 18.0 Å². The quantitative estimate of drug-likeness (QED) is 0.822. The van der Waals surface area contributed by atoms with Crippen LogP contribution in [0.3, 0.4) is 0 Å². The van der Waals surface area contributed by atoms with Crippen LogP contribution in [0.5, 0.6) is 5.75 Å². The molecule has 1 saturated carbocycles. The predicted octanol–water partition coefficient (Wildman–Crippen LogP) is 2.97. The van der Waals surface area contributed by atoms with E-state index >= 15 is 0 Å². The number of ether oxygens (including phenoxy) is 1. The Morgan fingerprint density at radius 2 is 2.00 bits per heavy atom. The number of amides is 1. The minimum atomic E-state index is -0.727. The highest BCUT2D eigenvalue weighted by Gasteiger charge is 2.52. The summed E-state index contributed by atoms with van der Waals surface area (Å²) >= 11 is 6.32. The normalized spacial score (nSPS) is 18.8. The van der Waals surface area contributed by atoms with Crippen LogP contribution in [0.4, 0.5) is 14.6 Å². The molecular formula is C19H19ClF2N4O2. The smallest absolute Gasteiger partial charge is 0.229 e. The average molecular weight is 409 g/mol. The van der Waals surface area contributed by atoms with Crippen LogP contribution < -0.4 is 15.4 Å². The van der Waals surface area contributed by atoms with E-state index in [4.69, 9.17) is 22.1 Å². The summed E-state index contributed by atoms with van der Waals surface area (Å²) in [6, 6.07) is 3.27. The Kier molecular flexibility index (Phi) is 4.82. The third-order valence-corrected chi connectivity index (χ3v) is 5.61. The van der Waals surface area contributed by atoms with E-state index in [2.05, 4.69) is 9.97 Å². The minimum absolute atomic E-state index is 0.0446. The first-order chi connectivity index (χ1) is 13.4. The van der Waals surface area contributed by atoms with Crippen molar-refractivity contribution in [3.05, 3.63) is 46.9 Å². The van der Waals surface area contributed by atoms with E-state index in [1.165, 1.54) is 12.1 Å². The Labute approximate surface area is 165 Å². The van der Waals surface area contributed by atoms with Crippen LogP contribution >= 0.6 is 11.6 Å². The van der Waals surface area contributed by atoms with Gasteiger partial charge in [-0.3, -0.25) is 4.79 Å². The highest BCUT2D eigenvalue weighted by Crippen LogP contribution is 2.47. The second kappa shape index (κ2) is 7.16. The second-order valence-electron chi connectivity index (χ2n) is 7.20. The number of carbonyl (C=O) groups excluding carboxylic acids is 1. The monoisotopic (exact) mass is 408 g/mol. The maximum absolute atomic E-state index is 13.8. The zero-order valence-electron chi connectivity index (χ0n) is 15.0. The molecule has 0 spiro atoms. The first-order valence-corrected chi connectivity index (χ1v) is 9.46. The van der Waals surface area contributed by atoms with E-state index in [1.807, 2.05) is 4.90 Å². The minimum Gasteiger partial charge on any atom is -0.487 e. The van der Waals surface area contributed by atoms with E-state index < -0.39 is 23.0 Å². The van der Waals surface area contributed by atoms with Crippen LogP contribution in [-0.2, 0) is 10.2 Å². The number of nitrogens with two attached hydrogens (primary N) is 1. The van der Waals surface area contributed by atoms with Crippen LogP contribution in [0.15, 0.2) is 24.4 Å². The summed E-state index contributed by atoms with van der Waals surface area (Å²) in [5.74, 6) is -1.17. The van der Waals surface area contributed by atoms with Gasteiger partial charge < -0.3 is 15.4 Å². The van der Waals surface area contributed by atoms with Crippen molar-refractivity contribution in [2.24, 2.45) is 5.73 Å². The lowest BCUT2D eigenvalue weighted by Gasteiger charge is -2.33. The third kappa shape index (κ3) is 3.48. The Morgan fingerprint density at radius 1 is 1.29 bits per heavy atom. The molecule has 148 valence electrons. The average Bonchev–Trinajstić information content (AvgIpc) is 3.47. The van der Waals surface area contributed by atoms with Gasteiger partial charge >= 0.3 is 0 Å². The van der Waals surface area contributed by atoms with E-state index in [0.29, 0.717) is 50.3 Å². The molecule has 2 heterocycles. The molecule has 6 nitrogen and oxygen atoms in total. The molecule has 0 unspecified atom stereocenters. The van der Waals surface area contributed by atoms with Gasteiger partial charge in [0.25, 0.3) is 0 Å². The van der Waals surface area contributed by atoms with Gasteiger partial charge in [-0.1, -0.05) is 11.6 Å². The summed E-state index contributed by atoms with van der Waals surface area (Å²) in [7, 11) is 0. The van der Waals surface area contributed by atoms with Gasteiger partial charge in [0.2, 0.25) is 5.91 Å². The van der Waals surface area contributed by atoms with Crippen molar-refractivity contribution in [3.8, 4) is 5.75 Å². The van der Waals surface area contributed by atoms with Gasteiger partial charge in [0.05, 0.1) is 17.3 Å². The summed E-state index contributed by atoms with van der Waals surface area (Å²) in [6.07, 6.45) is 3.95. The maximum Gasteiger partial charge on any atom is 0.229 e. The molecule has 1 amide bonds. The Morgan fingerprint density at radius 3 is 2.57 bits per heavy atom.